The van der Waals surface area contributed by atoms with Crippen molar-refractivity contribution in [2.45, 2.75) is 299 Å². The summed E-state index contributed by atoms with van der Waals surface area (Å²) in [5, 5.41) is 86.9. The minimum Gasteiger partial charge on any atom is -0.394 e. The topological polar surface area (TPSA) is 228 Å². The molecule has 1 amide bonds. The summed E-state index contributed by atoms with van der Waals surface area (Å²) in [6.07, 6.45) is 34.8. The molecular weight excluding hydrogens is 907 g/mol. The summed E-state index contributed by atoms with van der Waals surface area (Å²) in [7, 11) is 0. The zero-order chi connectivity index (χ0) is 51.7. The number of amides is 1. The predicted molar refractivity (Wildman–Crippen MR) is 281 cm³/mol. The number of rotatable bonds is 45. The van der Waals surface area contributed by atoms with Gasteiger partial charge in [-0.15, -0.1) is 0 Å². The summed E-state index contributed by atoms with van der Waals surface area (Å²) >= 11 is 0. The number of hydrogen-bond acceptors (Lipinski definition) is 13. The predicted octanol–water partition coefficient (Wildman–Crippen LogP) is 9.05. The van der Waals surface area contributed by atoms with Crippen molar-refractivity contribution in [2.24, 2.45) is 0 Å². The van der Waals surface area contributed by atoms with E-state index in [4.69, 9.17) is 18.9 Å². The maximum absolute atomic E-state index is 13.2. The Morgan fingerprint density at radius 3 is 1.38 bits per heavy atom. The summed E-state index contributed by atoms with van der Waals surface area (Å²) in [4.78, 5) is 13.2. The van der Waals surface area contributed by atoms with Crippen LogP contribution in [0.15, 0.2) is 36.5 Å². The maximum atomic E-state index is 13.2. The van der Waals surface area contributed by atoms with Crippen LogP contribution >= 0.6 is 0 Å². The molecule has 2 aliphatic rings. The highest BCUT2D eigenvalue weighted by Crippen LogP contribution is 2.30. The summed E-state index contributed by atoms with van der Waals surface area (Å²) in [6.45, 7) is 2.77. The third kappa shape index (κ3) is 29.8. The standard InChI is InChI=1S/C57H105NO13/c1-3-5-7-9-11-13-15-17-18-19-20-21-22-23-24-25-26-27-29-30-32-34-36-38-40-46(61)45(58-49(62)41-39-37-35-33-31-28-16-14-12-10-8-6-4-2)44-68-56-54(67)52(65)55(48(43-60)70-56)71-57-53(66)51(64)50(63)47(42-59)69-57/h25-26,30,32,38,40,45-48,50-57,59-61,63-67H,3-24,27-29,31,33-37,39,41-44H2,1-2H3,(H,58,62)/b26-25+,32-30+,40-38+. The van der Waals surface area contributed by atoms with Crippen molar-refractivity contribution in [3.05, 3.63) is 36.5 Å². The number of aliphatic hydroxyl groups is 8. The molecule has 2 heterocycles. The largest absolute Gasteiger partial charge is 0.394 e. The highest BCUT2D eigenvalue weighted by atomic mass is 16.7. The van der Waals surface area contributed by atoms with Crippen molar-refractivity contribution in [3.63, 3.8) is 0 Å². The highest BCUT2D eigenvalue weighted by Gasteiger charge is 2.51. The molecule has 2 saturated heterocycles. The van der Waals surface area contributed by atoms with Crippen LogP contribution in [0.25, 0.3) is 0 Å². The molecule has 14 heteroatoms. The number of carbonyl (C=O) groups excluding carboxylic acids is 1. The molecule has 2 fully saturated rings. The number of unbranched alkanes of at least 4 members (excludes halogenated alkanes) is 28. The monoisotopic (exact) mass is 1010 g/mol. The lowest BCUT2D eigenvalue weighted by molar-refractivity contribution is -0.359. The van der Waals surface area contributed by atoms with E-state index in [-0.39, 0.29) is 18.9 Å². The second kappa shape index (κ2) is 43.4. The van der Waals surface area contributed by atoms with Crippen LogP contribution in [0.1, 0.15) is 226 Å². The summed E-state index contributed by atoms with van der Waals surface area (Å²) in [6, 6.07) is -0.934. The van der Waals surface area contributed by atoms with Gasteiger partial charge in [-0.2, -0.15) is 0 Å². The summed E-state index contributed by atoms with van der Waals surface area (Å²) < 4.78 is 22.7. The van der Waals surface area contributed by atoms with E-state index < -0.39 is 86.8 Å². The van der Waals surface area contributed by atoms with Crippen LogP contribution in [0, 0.1) is 0 Å². The number of carbonyl (C=O) groups is 1. The van der Waals surface area contributed by atoms with E-state index in [1.165, 1.54) is 148 Å². The Morgan fingerprint density at radius 1 is 0.493 bits per heavy atom. The maximum Gasteiger partial charge on any atom is 0.220 e. The first-order chi connectivity index (χ1) is 34.6. The molecule has 14 nitrogen and oxygen atoms in total. The van der Waals surface area contributed by atoms with Crippen molar-refractivity contribution in [2.75, 3.05) is 19.8 Å². The fraction of sp³-hybridized carbons (Fsp3) is 0.877. The number of aliphatic hydroxyl groups excluding tert-OH is 8. The third-order valence-corrected chi connectivity index (χ3v) is 14.1. The first kappa shape index (κ1) is 65.3. The normalized spacial score (nSPS) is 26.0. The Balaban J connectivity index is 1.79. The van der Waals surface area contributed by atoms with Gasteiger partial charge in [-0.05, 0) is 44.9 Å². The molecule has 0 spiro atoms. The van der Waals surface area contributed by atoms with Gasteiger partial charge in [0.05, 0.1) is 32.0 Å². The van der Waals surface area contributed by atoms with Gasteiger partial charge in [0, 0.05) is 6.42 Å². The van der Waals surface area contributed by atoms with Gasteiger partial charge < -0.3 is 65.1 Å². The lowest BCUT2D eigenvalue weighted by atomic mass is 9.97. The molecule has 0 saturated carbocycles. The van der Waals surface area contributed by atoms with Crippen molar-refractivity contribution >= 4 is 5.91 Å². The van der Waals surface area contributed by atoms with Crippen LogP contribution < -0.4 is 5.32 Å². The SMILES string of the molecule is CCCCCCCCCCCCCCCC/C=C/CC/C=C/CC/C=C/C(O)C(COC1OC(CO)C(OC2OC(CO)C(O)C(O)C2O)C(O)C1O)NC(=O)CCCCCCCCCCCCCCC. The van der Waals surface area contributed by atoms with E-state index in [1.807, 2.05) is 6.08 Å². The lowest BCUT2D eigenvalue weighted by Crippen LogP contribution is -2.65. The zero-order valence-corrected chi connectivity index (χ0v) is 44.5. The van der Waals surface area contributed by atoms with Crippen LogP contribution in [0.2, 0.25) is 0 Å². The molecular formula is C57H105NO13. The lowest BCUT2D eigenvalue weighted by Gasteiger charge is -2.46. The highest BCUT2D eigenvalue weighted by molar-refractivity contribution is 5.76. The van der Waals surface area contributed by atoms with Gasteiger partial charge in [0.15, 0.2) is 12.6 Å². The second-order valence-corrected chi connectivity index (χ2v) is 20.4. The molecule has 12 unspecified atom stereocenters. The van der Waals surface area contributed by atoms with Crippen LogP contribution in [0.5, 0.6) is 0 Å². The number of allylic oxidation sites excluding steroid dienone is 5. The molecule has 9 N–H and O–H groups in total. The first-order valence-electron chi connectivity index (χ1n) is 28.7. The molecule has 2 aliphatic heterocycles. The number of ether oxygens (including phenoxy) is 4. The van der Waals surface area contributed by atoms with E-state index in [0.29, 0.717) is 12.8 Å². The number of hydrogen-bond donors (Lipinski definition) is 9. The Kier molecular flexibility index (Phi) is 40.0. The average molecular weight is 1010 g/mol. The molecule has 416 valence electrons. The first-order valence-corrected chi connectivity index (χ1v) is 28.7. The molecule has 0 aliphatic carbocycles. The molecule has 12 atom stereocenters. The molecule has 71 heavy (non-hydrogen) atoms. The van der Waals surface area contributed by atoms with Gasteiger partial charge in [-0.1, -0.05) is 211 Å². The Bertz CT molecular complexity index is 1330. The molecule has 0 bridgehead atoms. The molecule has 0 radical (unpaired) electrons. The molecule has 0 aromatic heterocycles. The van der Waals surface area contributed by atoms with Gasteiger partial charge in [-0.25, -0.2) is 0 Å². The van der Waals surface area contributed by atoms with Crippen LogP contribution in [0.3, 0.4) is 0 Å². The Labute approximate surface area is 430 Å². The van der Waals surface area contributed by atoms with Gasteiger partial charge in [0.25, 0.3) is 0 Å². The third-order valence-electron chi connectivity index (χ3n) is 14.1. The van der Waals surface area contributed by atoms with Crippen LogP contribution in [-0.4, -0.2) is 140 Å². The minimum absolute atomic E-state index is 0.253. The van der Waals surface area contributed by atoms with E-state index in [9.17, 15) is 45.6 Å². The smallest absolute Gasteiger partial charge is 0.220 e. The fourth-order valence-electron chi connectivity index (χ4n) is 9.38. The van der Waals surface area contributed by atoms with E-state index >= 15 is 0 Å². The Morgan fingerprint density at radius 2 is 0.901 bits per heavy atom. The second-order valence-electron chi connectivity index (χ2n) is 20.4. The zero-order valence-electron chi connectivity index (χ0n) is 44.5. The molecule has 0 aromatic rings. The van der Waals surface area contributed by atoms with Gasteiger partial charge in [-0.3, -0.25) is 4.79 Å². The molecule has 2 rings (SSSR count). The quantitative estimate of drug-likeness (QED) is 0.0205. The van der Waals surface area contributed by atoms with Crippen LogP contribution in [0.4, 0.5) is 0 Å². The minimum atomic E-state index is -1.79. The van der Waals surface area contributed by atoms with Gasteiger partial charge in [0.2, 0.25) is 5.91 Å². The summed E-state index contributed by atoms with van der Waals surface area (Å²) in [5.41, 5.74) is 0. The molecule has 0 aromatic carbocycles. The average Bonchev–Trinajstić information content (AvgIpc) is 3.37. The number of nitrogens with one attached hydrogen (secondary N) is 1. The fourth-order valence-corrected chi connectivity index (χ4v) is 9.38. The van der Waals surface area contributed by atoms with Crippen molar-refractivity contribution in [1.29, 1.82) is 0 Å². The van der Waals surface area contributed by atoms with Crippen LogP contribution in [-0.2, 0) is 23.7 Å². The van der Waals surface area contributed by atoms with Crippen molar-refractivity contribution in [1.82, 2.24) is 5.32 Å². The van der Waals surface area contributed by atoms with E-state index in [2.05, 4.69) is 43.5 Å². The summed E-state index contributed by atoms with van der Waals surface area (Å²) in [5.74, 6) is -0.253. The van der Waals surface area contributed by atoms with E-state index in [1.54, 1.807) is 6.08 Å². The Hall–Kier alpha value is -1.79. The van der Waals surface area contributed by atoms with Crippen molar-refractivity contribution in [3.8, 4) is 0 Å². The van der Waals surface area contributed by atoms with Gasteiger partial charge in [0.1, 0.15) is 48.8 Å². The van der Waals surface area contributed by atoms with Gasteiger partial charge >= 0.3 is 0 Å². The van der Waals surface area contributed by atoms with Crippen molar-refractivity contribution < 1.29 is 64.6 Å². The van der Waals surface area contributed by atoms with E-state index in [0.717, 1.165) is 44.9 Å².